The lowest BCUT2D eigenvalue weighted by Gasteiger charge is -2.09. The van der Waals surface area contributed by atoms with E-state index in [1.807, 2.05) is 54.6 Å². The molecule has 0 fully saturated rings. The number of carbonyl (C=O) groups is 2. The van der Waals surface area contributed by atoms with Crippen molar-refractivity contribution in [1.82, 2.24) is 9.78 Å². The molecule has 0 spiro atoms. The van der Waals surface area contributed by atoms with Crippen LogP contribution in [0.15, 0.2) is 85.1 Å². The van der Waals surface area contributed by atoms with Gasteiger partial charge in [0.15, 0.2) is 0 Å². The predicted molar refractivity (Wildman–Crippen MR) is 123 cm³/mol. The first kappa shape index (κ1) is 20.9. The van der Waals surface area contributed by atoms with Crippen molar-refractivity contribution in [2.45, 2.75) is 6.42 Å². The van der Waals surface area contributed by atoms with Crippen LogP contribution in [0.3, 0.4) is 0 Å². The van der Waals surface area contributed by atoms with Gasteiger partial charge in [-0.05, 0) is 42.0 Å². The Bertz CT molecular complexity index is 1250. The highest BCUT2D eigenvalue weighted by molar-refractivity contribution is 6.08. The molecule has 4 rings (SSSR count). The molecule has 1 aromatic heterocycles. The van der Waals surface area contributed by atoms with Crippen molar-refractivity contribution in [2.24, 2.45) is 5.73 Å². The monoisotopic (exact) mass is 426 g/mol. The molecule has 0 saturated carbocycles. The Morgan fingerprint density at radius 3 is 2.34 bits per heavy atom. The molecule has 32 heavy (non-hydrogen) atoms. The van der Waals surface area contributed by atoms with Crippen molar-refractivity contribution in [3.05, 3.63) is 96.2 Å². The zero-order valence-electron chi connectivity index (χ0n) is 17.5. The minimum atomic E-state index is -0.406. The smallest absolute Gasteiger partial charge is 0.259 e. The zero-order chi connectivity index (χ0) is 22.5. The topological polar surface area (TPSA) is 99.2 Å². The Morgan fingerprint density at radius 1 is 0.969 bits per heavy atom. The van der Waals surface area contributed by atoms with E-state index in [4.69, 9.17) is 15.6 Å². The molecule has 3 N–H and O–H groups in total. The van der Waals surface area contributed by atoms with Crippen LogP contribution in [0.5, 0.6) is 5.75 Å². The Balaban J connectivity index is 1.71. The van der Waals surface area contributed by atoms with E-state index in [-0.39, 0.29) is 12.3 Å². The van der Waals surface area contributed by atoms with Crippen LogP contribution >= 0.6 is 0 Å². The Morgan fingerprint density at radius 2 is 1.66 bits per heavy atom. The lowest BCUT2D eigenvalue weighted by atomic mass is 10.1. The standard InChI is InChI=1S/C25H22N4O3/c1-32-22-10-6-5-9-20(22)24-21(16-29(28-24)19-7-3-2-4-8-19)25(31)27-18-13-11-17(12-14-18)15-23(26)30/h2-14,16H,15H2,1H3,(H2,26,30)(H,27,31). The minimum Gasteiger partial charge on any atom is -0.496 e. The number of benzene rings is 3. The summed E-state index contributed by atoms with van der Waals surface area (Å²) >= 11 is 0. The number of nitrogens with two attached hydrogens (primary N) is 1. The van der Waals surface area contributed by atoms with Gasteiger partial charge in [0, 0.05) is 17.4 Å². The first-order valence-corrected chi connectivity index (χ1v) is 10.0. The molecule has 7 heteroatoms. The highest BCUT2D eigenvalue weighted by atomic mass is 16.5. The van der Waals surface area contributed by atoms with Crippen LogP contribution in [0.1, 0.15) is 15.9 Å². The average molecular weight is 426 g/mol. The Hall–Kier alpha value is -4.39. The lowest BCUT2D eigenvalue weighted by molar-refractivity contribution is -0.117. The Labute approximate surface area is 185 Å². The van der Waals surface area contributed by atoms with E-state index in [0.717, 1.165) is 11.3 Å². The van der Waals surface area contributed by atoms with E-state index in [0.29, 0.717) is 28.3 Å². The van der Waals surface area contributed by atoms with Gasteiger partial charge in [-0.25, -0.2) is 4.68 Å². The highest BCUT2D eigenvalue weighted by Gasteiger charge is 2.21. The number of primary amides is 1. The van der Waals surface area contributed by atoms with Gasteiger partial charge in [-0.2, -0.15) is 5.10 Å². The van der Waals surface area contributed by atoms with Crippen molar-refractivity contribution in [3.8, 4) is 22.7 Å². The summed E-state index contributed by atoms with van der Waals surface area (Å²) in [7, 11) is 1.58. The fourth-order valence-corrected chi connectivity index (χ4v) is 3.40. The maximum Gasteiger partial charge on any atom is 0.259 e. The summed E-state index contributed by atoms with van der Waals surface area (Å²) < 4.78 is 7.17. The predicted octanol–water partition coefficient (Wildman–Crippen LogP) is 3.83. The number of para-hydroxylation sites is 2. The summed E-state index contributed by atoms with van der Waals surface area (Å²) in [5.74, 6) is -0.0945. The van der Waals surface area contributed by atoms with Crippen LogP contribution in [0.25, 0.3) is 16.9 Å². The highest BCUT2D eigenvalue weighted by Crippen LogP contribution is 2.32. The third-order valence-electron chi connectivity index (χ3n) is 4.93. The molecule has 2 amide bonds. The van der Waals surface area contributed by atoms with Crippen LogP contribution in [0, 0.1) is 0 Å². The van der Waals surface area contributed by atoms with E-state index in [2.05, 4.69) is 5.32 Å². The van der Waals surface area contributed by atoms with Gasteiger partial charge in [-0.3, -0.25) is 9.59 Å². The van der Waals surface area contributed by atoms with Crippen LogP contribution in [-0.2, 0) is 11.2 Å². The normalized spacial score (nSPS) is 10.5. The summed E-state index contributed by atoms with van der Waals surface area (Å²) in [6.07, 6.45) is 1.85. The number of amides is 2. The second kappa shape index (κ2) is 9.18. The molecule has 160 valence electrons. The van der Waals surface area contributed by atoms with Crippen molar-refractivity contribution >= 4 is 17.5 Å². The molecule has 4 aromatic rings. The van der Waals surface area contributed by atoms with Crippen LogP contribution in [0.4, 0.5) is 5.69 Å². The van der Waals surface area contributed by atoms with Gasteiger partial charge in [0.05, 0.1) is 24.8 Å². The van der Waals surface area contributed by atoms with Crippen molar-refractivity contribution in [2.75, 3.05) is 12.4 Å². The summed E-state index contributed by atoms with van der Waals surface area (Å²) in [5.41, 5.74) is 9.07. The number of aromatic nitrogens is 2. The third kappa shape index (κ3) is 4.52. The van der Waals surface area contributed by atoms with Gasteiger partial charge in [0.25, 0.3) is 5.91 Å². The number of methoxy groups -OCH3 is 1. The van der Waals surface area contributed by atoms with Gasteiger partial charge in [0.2, 0.25) is 5.91 Å². The van der Waals surface area contributed by atoms with E-state index in [1.54, 1.807) is 42.3 Å². The van der Waals surface area contributed by atoms with E-state index >= 15 is 0 Å². The number of carbonyl (C=O) groups excluding carboxylic acids is 2. The van der Waals surface area contributed by atoms with E-state index in [1.165, 1.54) is 0 Å². The van der Waals surface area contributed by atoms with E-state index < -0.39 is 5.91 Å². The lowest BCUT2D eigenvalue weighted by Crippen LogP contribution is -2.14. The van der Waals surface area contributed by atoms with Crippen LogP contribution in [0.2, 0.25) is 0 Å². The average Bonchev–Trinajstić information content (AvgIpc) is 3.26. The number of hydrogen-bond donors (Lipinski definition) is 2. The molecule has 7 nitrogen and oxygen atoms in total. The fourth-order valence-electron chi connectivity index (χ4n) is 3.40. The van der Waals surface area contributed by atoms with Crippen molar-refractivity contribution < 1.29 is 14.3 Å². The summed E-state index contributed by atoms with van der Waals surface area (Å²) in [5, 5.41) is 7.60. The first-order valence-electron chi connectivity index (χ1n) is 10.0. The third-order valence-corrected chi connectivity index (χ3v) is 4.93. The zero-order valence-corrected chi connectivity index (χ0v) is 17.5. The molecular weight excluding hydrogens is 404 g/mol. The molecule has 3 aromatic carbocycles. The minimum absolute atomic E-state index is 0.149. The molecule has 0 aliphatic carbocycles. The molecule has 1 heterocycles. The van der Waals surface area contributed by atoms with Gasteiger partial charge >= 0.3 is 0 Å². The maximum atomic E-state index is 13.2. The number of nitrogens with one attached hydrogen (secondary N) is 1. The fraction of sp³-hybridized carbons (Fsp3) is 0.0800. The second-order valence-corrected chi connectivity index (χ2v) is 7.17. The van der Waals surface area contributed by atoms with Crippen LogP contribution in [-0.4, -0.2) is 28.7 Å². The summed E-state index contributed by atoms with van der Waals surface area (Å²) in [6.45, 7) is 0. The molecule has 0 aliphatic heterocycles. The van der Waals surface area contributed by atoms with Gasteiger partial charge in [-0.1, -0.05) is 42.5 Å². The molecule has 0 radical (unpaired) electrons. The number of rotatable bonds is 7. The number of anilines is 1. The van der Waals surface area contributed by atoms with E-state index in [9.17, 15) is 9.59 Å². The molecule has 0 aliphatic rings. The van der Waals surface area contributed by atoms with Gasteiger partial charge in [-0.15, -0.1) is 0 Å². The quantitative estimate of drug-likeness (QED) is 0.469. The number of nitrogens with zero attached hydrogens (tertiary/aromatic N) is 2. The second-order valence-electron chi connectivity index (χ2n) is 7.17. The SMILES string of the molecule is COc1ccccc1-c1nn(-c2ccccc2)cc1C(=O)Nc1ccc(CC(N)=O)cc1. The van der Waals surface area contributed by atoms with Crippen molar-refractivity contribution in [3.63, 3.8) is 0 Å². The number of ether oxygens (including phenoxy) is 1. The van der Waals surface area contributed by atoms with Crippen molar-refractivity contribution in [1.29, 1.82) is 0 Å². The van der Waals surface area contributed by atoms with Gasteiger partial charge < -0.3 is 15.8 Å². The van der Waals surface area contributed by atoms with Gasteiger partial charge in [0.1, 0.15) is 11.4 Å². The molecular formula is C25H22N4O3. The Kier molecular flexibility index (Phi) is 5.98. The molecule has 0 atom stereocenters. The first-order chi connectivity index (χ1) is 15.5. The molecule has 0 saturated heterocycles. The summed E-state index contributed by atoms with van der Waals surface area (Å²) in [4.78, 5) is 24.3. The number of hydrogen-bond acceptors (Lipinski definition) is 4. The largest absolute Gasteiger partial charge is 0.496 e. The molecule has 0 unspecified atom stereocenters. The summed E-state index contributed by atoms with van der Waals surface area (Å²) in [6, 6.07) is 24.0. The maximum absolute atomic E-state index is 13.2. The molecule has 0 bridgehead atoms. The van der Waals surface area contributed by atoms with Crippen LogP contribution < -0.4 is 15.8 Å².